The Bertz CT molecular complexity index is 831. The summed E-state index contributed by atoms with van der Waals surface area (Å²) in [5.74, 6) is -1.12. The number of carboxylic acids is 1. The number of likely N-dealkylation sites (N-methyl/N-ethyl adjacent to an activating group) is 1. The van der Waals surface area contributed by atoms with E-state index in [2.05, 4.69) is 4.90 Å². The van der Waals surface area contributed by atoms with Crippen molar-refractivity contribution < 1.29 is 19.5 Å². The fourth-order valence-corrected chi connectivity index (χ4v) is 4.38. The van der Waals surface area contributed by atoms with Crippen LogP contribution in [0.4, 0.5) is 0 Å². The highest BCUT2D eigenvalue weighted by molar-refractivity contribution is 5.82. The third-order valence-corrected chi connectivity index (χ3v) is 5.84. The van der Waals surface area contributed by atoms with Crippen LogP contribution >= 0.6 is 0 Å². The molecular weight excluding hydrogens is 384 g/mol. The molecule has 1 aliphatic rings. The van der Waals surface area contributed by atoms with Crippen molar-refractivity contribution in [2.24, 2.45) is 0 Å². The molecule has 1 fully saturated rings. The Morgan fingerprint density at radius 1 is 0.800 bits per heavy atom. The van der Waals surface area contributed by atoms with Gasteiger partial charge >= 0.3 is 5.97 Å². The second kappa shape index (κ2) is 10.4. The van der Waals surface area contributed by atoms with E-state index in [-0.39, 0.29) is 43.5 Å². The average Bonchev–Trinajstić information content (AvgIpc) is 3.45. The van der Waals surface area contributed by atoms with Crippen LogP contribution < -0.4 is 0 Å². The molecule has 0 amide bonds. The van der Waals surface area contributed by atoms with Gasteiger partial charge in [0.2, 0.25) is 11.8 Å². The highest BCUT2D eigenvalue weighted by atomic mass is 16.4. The van der Waals surface area contributed by atoms with Gasteiger partial charge in [0, 0.05) is 36.9 Å². The number of aromatic nitrogens is 2. The van der Waals surface area contributed by atoms with Crippen LogP contribution in [0.5, 0.6) is 0 Å². The number of carbonyl (C=O) groups excluding carboxylic acids is 2. The minimum absolute atomic E-state index is 0.0145. The van der Waals surface area contributed by atoms with Crippen molar-refractivity contribution in [3.8, 4) is 0 Å². The monoisotopic (exact) mass is 414 g/mol. The molecule has 0 bridgehead atoms. The summed E-state index contributed by atoms with van der Waals surface area (Å²) in [4.78, 5) is 40.8. The number of carboxylic acid groups (broad SMARTS) is 1. The highest BCUT2D eigenvalue weighted by Gasteiger charge is 2.36. The zero-order chi connectivity index (χ0) is 21.5. The zero-order valence-corrected chi connectivity index (χ0v) is 17.4. The van der Waals surface area contributed by atoms with Crippen molar-refractivity contribution in [1.29, 1.82) is 0 Å². The van der Waals surface area contributed by atoms with Crippen LogP contribution in [-0.4, -0.2) is 80.1 Å². The van der Waals surface area contributed by atoms with Gasteiger partial charge in [-0.1, -0.05) is 19.8 Å². The Kier molecular flexibility index (Phi) is 7.59. The molecule has 0 radical (unpaired) electrons. The van der Waals surface area contributed by atoms with Gasteiger partial charge in [0.05, 0.1) is 19.6 Å². The number of nitrogens with zero attached hydrogens (tertiary/aromatic N) is 4. The third-order valence-electron chi connectivity index (χ3n) is 5.84. The van der Waals surface area contributed by atoms with Crippen LogP contribution in [0.25, 0.3) is 0 Å². The fourth-order valence-electron chi connectivity index (χ4n) is 4.38. The van der Waals surface area contributed by atoms with Crippen molar-refractivity contribution in [3.63, 3.8) is 0 Å². The molecule has 2 aromatic rings. The van der Waals surface area contributed by atoms with Gasteiger partial charge in [-0.3, -0.25) is 33.3 Å². The summed E-state index contributed by atoms with van der Waals surface area (Å²) in [6.45, 7) is 2.79. The van der Waals surface area contributed by atoms with Gasteiger partial charge in [-0.2, -0.15) is 0 Å². The maximum atomic E-state index is 12.7. The summed E-state index contributed by atoms with van der Waals surface area (Å²) in [6.07, 6.45) is 10.5. The Morgan fingerprint density at radius 2 is 1.23 bits per heavy atom. The van der Waals surface area contributed by atoms with Crippen LogP contribution in [0.15, 0.2) is 49.1 Å². The molecule has 2 atom stereocenters. The lowest BCUT2D eigenvalue weighted by Gasteiger charge is -2.44. The molecule has 2 aromatic heterocycles. The number of aliphatic carboxylic acids is 1. The van der Waals surface area contributed by atoms with Gasteiger partial charge in [0.1, 0.15) is 0 Å². The van der Waals surface area contributed by atoms with Crippen molar-refractivity contribution in [1.82, 2.24) is 18.9 Å². The molecule has 8 nitrogen and oxygen atoms in total. The quantitative estimate of drug-likeness (QED) is 0.677. The molecule has 0 saturated heterocycles. The van der Waals surface area contributed by atoms with E-state index in [1.54, 1.807) is 46.4 Å². The first-order chi connectivity index (χ1) is 14.5. The number of carbonyl (C=O) groups is 3. The van der Waals surface area contributed by atoms with Crippen LogP contribution in [-0.2, 0) is 4.79 Å². The molecule has 1 N–H and O–H groups in total. The first kappa shape index (κ1) is 22.0. The van der Waals surface area contributed by atoms with Gasteiger partial charge in [-0.25, -0.2) is 0 Å². The smallest absolute Gasteiger partial charge is 0.317 e. The highest BCUT2D eigenvalue weighted by Crippen LogP contribution is 2.27. The van der Waals surface area contributed by atoms with Gasteiger partial charge < -0.3 is 5.11 Å². The maximum absolute atomic E-state index is 12.7. The second-order valence-electron chi connectivity index (χ2n) is 7.75. The molecule has 8 heteroatoms. The van der Waals surface area contributed by atoms with Crippen molar-refractivity contribution in [2.75, 3.05) is 26.2 Å². The average molecular weight is 415 g/mol. The topological polar surface area (TPSA) is 87.8 Å². The molecule has 2 heterocycles. The summed E-state index contributed by atoms with van der Waals surface area (Å²) < 4.78 is 3.06. The largest absolute Gasteiger partial charge is 0.480 e. The normalized spacial score (nSPS) is 19.3. The van der Waals surface area contributed by atoms with Gasteiger partial charge in [-0.05, 0) is 43.7 Å². The predicted molar refractivity (Wildman–Crippen MR) is 113 cm³/mol. The first-order valence-electron chi connectivity index (χ1n) is 10.5. The van der Waals surface area contributed by atoms with E-state index >= 15 is 0 Å². The van der Waals surface area contributed by atoms with Crippen LogP contribution in [0.2, 0.25) is 0 Å². The van der Waals surface area contributed by atoms with Gasteiger partial charge in [0.25, 0.3) is 0 Å². The molecule has 0 spiro atoms. The summed E-state index contributed by atoms with van der Waals surface area (Å²) >= 11 is 0. The van der Waals surface area contributed by atoms with Crippen molar-refractivity contribution in [2.45, 2.75) is 44.7 Å². The van der Waals surface area contributed by atoms with E-state index < -0.39 is 5.97 Å². The Hall–Kier alpha value is -2.71. The molecule has 30 heavy (non-hydrogen) atoms. The molecular formula is C22H30N4O4. The number of hydrogen-bond acceptors (Lipinski definition) is 5. The Labute approximate surface area is 176 Å². The lowest BCUT2D eigenvalue weighted by molar-refractivity contribution is -0.139. The summed E-state index contributed by atoms with van der Waals surface area (Å²) in [7, 11) is 0. The summed E-state index contributed by atoms with van der Waals surface area (Å²) in [5, 5.41) is 9.48. The zero-order valence-electron chi connectivity index (χ0n) is 17.4. The van der Waals surface area contributed by atoms with Crippen LogP contribution in [0.3, 0.4) is 0 Å². The third kappa shape index (κ3) is 5.46. The summed E-state index contributed by atoms with van der Waals surface area (Å²) in [5.41, 5.74) is 0. The molecule has 2 unspecified atom stereocenters. The predicted octanol–water partition coefficient (Wildman–Crippen LogP) is 2.29. The van der Waals surface area contributed by atoms with E-state index in [1.165, 1.54) is 4.57 Å². The number of rotatable bonds is 9. The van der Waals surface area contributed by atoms with Crippen molar-refractivity contribution >= 4 is 17.8 Å². The maximum Gasteiger partial charge on any atom is 0.317 e. The molecule has 0 aromatic carbocycles. The molecule has 1 aliphatic carbocycles. The van der Waals surface area contributed by atoms with Gasteiger partial charge in [0.15, 0.2) is 0 Å². The minimum Gasteiger partial charge on any atom is -0.480 e. The number of hydrogen-bond donors (Lipinski definition) is 1. The van der Waals surface area contributed by atoms with Crippen LogP contribution in [0, 0.1) is 0 Å². The Morgan fingerprint density at radius 3 is 1.67 bits per heavy atom. The van der Waals surface area contributed by atoms with Gasteiger partial charge in [-0.15, -0.1) is 0 Å². The molecule has 162 valence electrons. The SMILES string of the molecule is CCN(CC(=O)n1cccc1)C1CCCCC1N(CC(=O)O)CC(=O)n1cccc1. The standard InChI is InChI=1S/C22H30N4O4/c1-2-23(15-20(27)24-11-5-6-12-24)18-9-3-4-10-19(18)26(17-22(29)30)16-21(28)25-13-7-8-14-25/h5-8,11-14,18-19H,2-4,9-10,15-17H2,1H3,(H,29,30). The second-order valence-corrected chi connectivity index (χ2v) is 7.75. The molecule has 1 saturated carbocycles. The Balaban J connectivity index is 1.77. The first-order valence-corrected chi connectivity index (χ1v) is 10.5. The van der Waals surface area contributed by atoms with E-state index in [0.717, 1.165) is 25.7 Å². The lowest BCUT2D eigenvalue weighted by atomic mass is 9.87. The molecule has 0 aliphatic heterocycles. The fraction of sp³-hybridized carbons (Fsp3) is 0.500. The minimum atomic E-state index is -0.953. The van der Waals surface area contributed by atoms with Crippen molar-refractivity contribution in [3.05, 3.63) is 49.1 Å². The van der Waals surface area contributed by atoms with E-state index in [0.29, 0.717) is 6.54 Å². The van der Waals surface area contributed by atoms with E-state index in [9.17, 15) is 19.5 Å². The van der Waals surface area contributed by atoms with E-state index in [1.807, 2.05) is 19.1 Å². The van der Waals surface area contributed by atoms with Crippen LogP contribution in [0.1, 0.15) is 42.2 Å². The summed E-state index contributed by atoms with van der Waals surface area (Å²) in [6, 6.07) is 7.12. The lowest BCUT2D eigenvalue weighted by Crippen LogP contribution is -2.56. The molecule has 3 rings (SSSR count). The van der Waals surface area contributed by atoms with E-state index in [4.69, 9.17) is 0 Å².